The zero-order chi connectivity index (χ0) is 17.8. The number of nitrogens with two attached hydrogens (primary N) is 6. The van der Waals surface area contributed by atoms with Gasteiger partial charge in [0.1, 0.15) is 0 Å². The van der Waals surface area contributed by atoms with E-state index in [1.54, 1.807) is 0 Å². The van der Waals surface area contributed by atoms with Gasteiger partial charge in [-0.25, -0.2) is 0 Å². The lowest BCUT2D eigenvalue weighted by atomic mass is 9.93. The second-order valence-electron chi connectivity index (χ2n) is 6.27. The predicted molar refractivity (Wildman–Crippen MR) is 103 cm³/mol. The largest absolute Gasteiger partial charge is 0.330 e. The Labute approximate surface area is 144 Å². The van der Waals surface area contributed by atoms with Crippen molar-refractivity contribution < 1.29 is 0 Å². The van der Waals surface area contributed by atoms with Crippen molar-refractivity contribution in [1.82, 2.24) is 0 Å². The van der Waals surface area contributed by atoms with Gasteiger partial charge < -0.3 is 34.4 Å². The van der Waals surface area contributed by atoms with Gasteiger partial charge >= 0.3 is 0 Å². The maximum Gasteiger partial charge on any atom is -0.00484 e. The Morgan fingerprint density at radius 1 is 0.391 bits per heavy atom. The van der Waals surface area contributed by atoms with E-state index in [1.807, 2.05) is 0 Å². The molecule has 1 atom stereocenters. The minimum Gasteiger partial charge on any atom is -0.330 e. The molecule has 0 saturated carbocycles. The van der Waals surface area contributed by atoms with Crippen molar-refractivity contribution in [2.75, 3.05) is 39.3 Å². The van der Waals surface area contributed by atoms with Gasteiger partial charge in [0, 0.05) is 0 Å². The van der Waals surface area contributed by atoms with Gasteiger partial charge in [-0.2, -0.15) is 0 Å². The lowest BCUT2D eigenvalue weighted by Gasteiger charge is -2.15. The van der Waals surface area contributed by atoms with Gasteiger partial charge in [-0.15, -0.1) is 0 Å². The fourth-order valence-electron chi connectivity index (χ4n) is 2.67. The van der Waals surface area contributed by atoms with Crippen LogP contribution in [0, 0.1) is 11.8 Å². The number of rotatable bonds is 15. The summed E-state index contributed by atoms with van der Waals surface area (Å²) in [5.41, 5.74) is 32.7. The second kappa shape index (κ2) is 21.8. The summed E-state index contributed by atoms with van der Waals surface area (Å²) in [4.78, 5) is 0. The molecule has 142 valence electrons. The first-order valence-electron chi connectivity index (χ1n) is 9.40. The Morgan fingerprint density at radius 3 is 1.00 bits per heavy atom. The molecular weight excluding hydrogens is 288 g/mol. The normalized spacial score (nSPS) is 12.1. The van der Waals surface area contributed by atoms with E-state index in [-0.39, 0.29) is 0 Å². The van der Waals surface area contributed by atoms with Crippen LogP contribution in [-0.2, 0) is 0 Å². The van der Waals surface area contributed by atoms with Gasteiger partial charge in [-0.3, -0.25) is 0 Å². The van der Waals surface area contributed by atoms with Crippen molar-refractivity contribution in [3.63, 3.8) is 0 Å². The van der Waals surface area contributed by atoms with Crippen LogP contribution < -0.4 is 34.4 Å². The van der Waals surface area contributed by atoms with E-state index in [9.17, 15) is 0 Å². The summed E-state index contributed by atoms with van der Waals surface area (Å²) in [6.45, 7) is 4.68. The van der Waals surface area contributed by atoms with E-state index in [0.717, 1.165) is 83.7 Å². The van der Waals surface area contributed by atoms with Crippen LogP contribution in [-0.4, -0.2) is 39.3 Å². The molecule has 0 spiro atoms. The summed E-state index contributed by atoms with van der Waals surface area (Å²) >= 11 is 0. The van der Waals surface area contributed by atoms with Crippen LogP contribution in [0.15, 0.2) is 0 Å². The van der Waals surface area contributed by atoms with Crippen molar-refractivity contribution in [2.45, 2.75) is 57.8 Å². The first-order valence-corrected chi connectivity index (χ1v) is 9.40. The summed E-state index contributed by atoms with van der Waals surface area (Å²) < 4.78 is 0. The molecule has 0 rings (SSSR count). The molecule has 0 saturated heterocycles. The fourth-order valence-corrected chi connectivity index (χ4v) is 2.67. The van der Waals surface area contributed by atoms with Crippen molar-refractivity contribution in [3.8, 4) is 0 Å². The molecule has 0 heterocycles. The average Bonchev–Trinajstić information content (AvgIpc) is 2.58. The Morgan fingerprint density at radius 2 is 0.739 bits per heavy atom. The first kappa shape index (κ1) is 25.0. The van der Waals surface area contributed by atoms with Gasteiger partial charge in [0.2, 0.25) is 0 Å². The maximum absolute atomic E-state index is 5.50. The third-order valence-electron chi connectivity index (χ3n) is 4.17. The molecule has 23 heavy (non-hydrogen) atoms. The van der Waals surface area contributed by atoms with Crippen molar-refractivity contribution >= 4 is 0 Å². The van der Waals surface area contributed by atoms with E-state index in [2.05, 4.69) is 0 Å². The van der Waals surface area contributed by atoms with Crippen molar-refractivity contribution in [1.29, 1.82) is 0 Å². The predicted octanol–water partition coefficient (Wildman–Crippen LogP) is 0.468. The summed E-state index contributed by atoms with van der Waals surface area (Å²) in [5.74, 6) is 1.39. The molecule has 0 aromatic rings. The van der Waals surface area contributed by atoms with E-state index in [1.165, 1.54) is 19.3 Å². The Kier molecular flexibility index (Phi) is 23.7. The molecule has 12 N–H and O–H groups in total. The van der Waals surface area contributed by atoms with E-state index >= 15 is 0 Å². The fraction of sp³-hybridized carbons (Fsp3) is 1.00. The minimum atomic E-state index is 0.591. The van der Waals surface area contributed by atoms with Crippen LogP contribution >= 0.6 is 0 Å². The topological polar surface area (TPSA) is 156 Å². The SMILES string of the molecule is NCCCC(CCCN)CCCN.NCCCC(CN)CCN. The quantitative estimate of drug-likeness (QED) is 0.256. The third kappa shape index (κ3) is 19.7. The van der Waals surface area contributed by atoms with Gasteiger partial charge in [-0.1, -0.05) is 0 Å². The molecular formula is C17H44N6. The molecule has 0 aliphatic heterocycles. The lowest BCUT2D eigenvalue weighted by molar-refractivity contribution is 0.394. The monoisotopic (exact) mass is 332 g/mol. The van der Waals surface area contributed by atoms with Gasteiger partial charge in [0.25, 0.3) is 0 Å². The van der Waals surface area contributed by atoms with Crippen LogP contribution in [0.1, 0.15) is 57.8 Å². The Hall–Kier alpha value is -0.240. The summed E-state index contributed by atoms with van der Waals surface area (Å²) in [5, 5.41) is 0. The number of hydrogen-bond donors (Lipinski definition) is 6. The molecule has 0 amide bonds. The van der Waals surface area contributed by atoms with E-state index in [0.29, 0.717) is 5.92 Å². The smallest absolute Gasteiger partial charge is 0.00484 e. The van der Waals surface area contributed by atoms with Gasteiger partial charge in [-0.05, 0) is 109 Å². The van der Waals surface area contributed by atoms with E-state index < -0.39 is 0 Å². The maximum atomic E-state index is 5.50. The molecule has 6 heteroatoms. The van der Waals surface area contributed by atoms with Crippen molar-refractivity contribution in [2.24, 2.45) is 46.2 Å². The van der Waals surface area contributed by atoms with Crippen molar-refractivity contribution in [3.05, 3.63) is 0 Å². The van der Waals surface area contributed by atoms with Crippen LogP contribution in [0.25, 0.3) is 0 Å². The van der Waals surface area contributed by atoms with Crippen LogP contribution in [0.3, 0.4) is 0 Å². The Balaban J connectivity index is 0. The van der Waals surface area contributed by atoms with E-state index in [4.69, 9.17) is 34.4 Å². The highest BCUT2D eigenvalue weighted by atomic mass is 14.6. The standard InChI is InChI=1S/C10H25N3.C7H19N3/c11-7-1-4-10(5-2-8-12)6-3-9-13;8-4-1-2-7(6-10)3-5-9/h10H,1-9,11-13H2;7H,1-6,8-10H2. The summed E-state index contributed by atoms with van der Waals surface area (Å²) in [7, 11) is 0. The summed E-state index contributed by atoms with van der Waals surface area (Å²) in [6.07, 6.45) is 10.4. The lowest BCUT2D eigenvalue weighted by Crippen LogP contribution is -2.19. The molecule has 0 radical (unpaired) electrons. The highest BCUT2D eigenvalue weighted by Crippen LogP contribution is 2.18. The average molecular weight is 333 g/mol. The zero-order valence-corrected chi connectivity index (χ0v) is 15.2. The number of hydrogen-bond acceptors (Lipinski definition) is 6. The molecule has 0 aliphatic carbocycles. The third-order valence-corrected chi connectivity index (χ3v) is 4.17. The molecule has 0 aromatic heterocycles. The van der Waals surface area contributed by atoms with Gasteiger partial charge in [0.05, 0.1) is 0 Å². The molecule has 0 aromatic carbocycles. The first-order chi connectivity index (χ1) is 11.2. The van der Waals surface area contributed by atoms with Crippen LogP contribution in [0.2, 0.25) is 0 Å². The summed E-state index contributed by atoms with van der Waals surface area (Å²) in [6, 6.07) is 0. The van der Waals surface area contributed by atoms with Gasteiger partial charge in [0.15, 0.2) is 0 Å². The Bertz CT molecular complexity index is 185. The zero-order valence-electron chi connectivity index (χ0n) is 15.2. The minimum absolute atomic E-state index is 0.591. The highest BCUT2D eigenvalue weighted by molar-refractivity contribution is 4.61. The molecule has 0 fully saturated rings. The molecule has 6 nitrogen and oxygen atoms in total. The van der Waals surface area contributed by atoms with Crippen LogP contribution in [0.4, 0.5) is 0 Å². The second-order valence-corrected chi connectivity index (χ2v) is 6.27. The molecule has 0 bridgehead atoms. The highest BCUT2D eigenvalue weighted by Gasteiger charge is 2.06. The molecule has 1 unspecified atom stereocenters. The van der Waals surface area contributed by atoms with Crippen LogP contribution in [0.5, 0.6) is 0 Å². The molecule has 0 aliphatic rings.